The fourth-order valence-electron chi connectivity index (χ4n) is 0.825. The highest BCUT2D eigenvalue weighted by Gasteiger charge is 2.17. The molecule has 0 aliphatic heterocycles. The van der Waals surface area contributed by atoms with Gasteiger partial charge < -0.3 is 10.3 Å². The molecule has 0 aromatic carbocycles. The molecule has 5 heteroatoms. The summed E-state index contributed by atoms with van der Waals surface area (Å²) in [6, 6.07) is -0.501. The van der Waals surface area contributed by atoms with Gasteiger partial charge in [-0.25, -0.2) is 5.11 Å². The van der Waals surface area contributed by atoms with E-state index in [1.54, 1.807) is 0 Å². The zero-order chi connectivity index (χ0) is 10.1. The average molecular weight is 182 g/mol. The minimum Gasteiger partial charge on any atom is -0.346 e. The van der Waals surface area contributed by atoms with Gasteiger partial charge in [0.2, 0.25) is 0 Å². The number of rotatable bonds is 1. The Morgan fingerprint density at radius 3 is 2.54 bits per heavy atom. The Balaban J connectivity index is 2.70. The molecule has 0 saturated heterocycles. The van der Waals surface area contributed by atoms with Crippen LogP contribution in [0.15, 0.2) is 6.20 Å². The van der Waals surface area contributed by atoms with Crippen LogP contribution in [0.1, 0.15) is 31.3 Å². The van der Waals surface area contributed by atoms with Crippen molar-refractivity contribution in [1.82, 2.24) is 15.3 Å². The molecule has 1 heterocycles. The number of nitrogens with one attached hydrogen (secondary N) is 2. The number of carbonyl (C=O) groups is 1. The van der Waals surface area contributed by atoms with E-state index in [2.05, 4.69) is 15.3 Å². The van der Waals surface area contributed by atoms with Crippen molar-refractivity contribution in [2.24, 2.45) is 0 Å². The highest BCUT2D eigenvalue weighted by molar-refractivity contribution is 5.92. The molecule has 1 rings (SSSR count). The Bertz CT molecular complexity index is 311. The zero-order valence-corrected chi connectivity index (χ0v) is 7.84. The van der Waals surface area contributed by atoms with Gasteiger partial charge in [-0.2, -0.15) is 4.98 Å². The Morgan fingerprint density at radius 1 is 1.54 bits per heavy atom. The van der Waals surface area contributed by atoms with Crippen molar-refractivity contribution in [3.8, 4) is 6.01 Å². The summed E-state index contributed by atoms with van der Waals surface area (Å²) in [6.07, 6.45) is 1.30. The number of aromatic nitrogens is 2. The maximum absolute atomic E-state index is 11.3. The van der Waals surface area contributed by atoms with E-state index >= 15 is 0 Å². The normalized spacial score (nSPS) is 11.3. The molecular weight excluding hydrogens is 170 g/mol. The van der Waals surface area contributed by atoms with Crippen LogP contribution < -0.4 is 5.32 Å². The van der Waals surface area contributed by atoms with Gasteiger partial charge in [-0.15, -0.1) is 0 Å². The second-order valence-electron chi connectivity index (χ2n) is 3.79. The fourth-order valence-corrected chi connectivity index (χ4v) is 0.825. The smallest absolute Gasteiger partial charge is 0.345 e. The number of hydrogen-bond acceptors (Lipinski definition) is 2. The van der Waals surface area contributed by atoms with Crippen molar-refractivity contribution >= 4 is 5.91 Å². The van der Waals surface area contributed by atoms with Crippen LogP contribution in [0, 0.1) is 0 Å². The third kappa shape index (κ3) is 2.77. The summed E-state index contributed by atoms with van der Waals surface area (Å²) >= 11 is 0. The van der Waals surface area contributed by atoms with Gasteiger partial charge >= 0.3 is 6.01 Å². The van der Waals surface area contributed by atoms with E-state index < -0.39 is 6.01 Å². The molecular formula is C8H12N3O2. The van der Waals surface area contributed by atoms with Gasteiger partial charge in [-0.05, 0) is 20.8 Å². The van der Waals surface area contributed by atoms with Crippen LogP contribution >= 0.6 is 0 Å². The van der Waals surface area contributed by atoms with E-state index in [-0.39, 0.29) is 17.1 Å². The largest absolute Gasteiger partial charge is 0.346 e. The molecule has 1 aromatic rings. The van der Waals surface area contributed by atoms with Gasteiger partial charge in [-0.1, -0.05) is 0 Å². The summed E-state index contributed by atoms with van der Waals surface area (Å²) in [5, 5.41) is 13.3. The molecule has 0 saturated carbocycles. The first kappa shape index (κ1) is 9.57. The van der Waals surface area contributed by atoms with Crippen LogP contribution in [-0.2, 0) is 5.11 Å². The maximum atomic E-state index is 11.3. The van der Waals surface area contributed by atoms with Gasteiger partial charge in [0.25, 0.3) is 5.91 Å². The van der Waals surface area contributed by atoms with Crippen molar-refractivity contribution in [2.45, 2.75) is 26.3 Å². The highest BCUT2D eigenvalue weighted by atomic mass is 16.3. The zero-order valence-electron chi connectivity index (χ0n) is 7.84. The van der Waals surface area contributed by atoms with Crippen LogP contribution in [0.2, 0.25) is 0 Å². The lowest BCUT2D eigenvalue weighted by molar-refractivity contribution is 0.0914. The molecule has 0 unspecified atom stereocenters. The molecule has 5 nitrogen and oxygen atoms in total. The number of amides is 1. The highest BCUT2D eigenvalue weighted by Crippen LogP contribution is 2.05. The summed E-state index contributed by atoms with van der Waals surface area (Å²) in [5.41, 5.74) is -0.195. The van der Waals surface area contributed by atoms with Crippen LogP contribution in [-0.4, -0.2) is 21.4 Å². The Hall–Kier alpha value is -1.52. The van der Waals surface area contributed by atoms with Gasteiger partial charge in [0.15, 0.2) is 0 Å². The van der Waals surface area contributed by atoms with Gasteiger partial charge in [0.05, 0.1) is 0 Å². The third-order valence-electron chi connectivity index (χ3n) is 1.28. The van der Waals surface area contributed by atoms with Gasteiger partial charge in [0, 0.05) is 11.7 Å². The van der Waals surface area contributed by atoms with Crippen molar-refractivity contribution in [3.05, 3.63) is 11.9 Å². The Labute approximate surface area is 76.2 Å². The average Bonchev–Trinajstić information content (AvgIpc) is 2.31. The maximum Gasteiger partial charge on any atom is 0.345 e. The first-order valence-electron chi connectivity index (χ1n) is 3.93. The molecule has 0 atom stereocenters. The van der Waals surface area contributed by atoms with Gasteiger partial charge in [-0.3, -0.25) is 4.79 Å². The summed E-state index contributed by atoms with van der Waals surface area (Å²) < 4.78 is 0. The molecule has 1 amide bonds. The minimum absolute atomic E-state index is 0.125. The first-order chi connectivity index (χ1) is 5.88. The topological polar surface area (TPSA) is 77.7 Å². The van der Waals surface area contributed by atoms with E-state index in [1.165, 1.54) is 6.20 Å². The predicted molar refractivity (Wildman–Crippen MR) is 45.9 cm³/mol. The van der Waals surface area contributed by atoms with Crippen LogP contribution in [0.5, 0.6) is 6.01 Å². The molecule has 0 fully saturated rings. The van der Waals surface area contributed by atoms with Crippen LogP contribution in [0.4, 0.5) is 0 Å². The number of imidazole rings is 1. The lowest BCUT2D eigenvalue weighted by Crippen LogP contribution is -2.40. The van der Waals surface area contributed by atoms with Crippen molar-refractivity contribution in [3.63, 3.8) is 0 Å². The summed E-state index contributed by atoms with van der Waals surface area (Å²) in [6.45, 7) is 5.57. The molecule has 0 aliphatic rings. The molecule has 0 aliphatic carbocycles. The molecule has 71 valence electrons. The number of hydrogen-bond donors (Lipinski definition) is 2. The molecule has 0 spiro atoms. The van der Waals surface area contributed by atoms with Crippen LogP contribution in [0.3, 0.4) is 0 Å². The summed E-state index contributed by atoms with van der Waals surface area (Å²) in [4.78, 5) is 17.1. The molecule has 1 radical (unpaired) electrons. The fraction of sp³-hybridized carbons (Fsp3) is 0.500. The molecule has 1 aromatic heterocycles. The molecule has 13 heavy (non-hydrogen) atoms. The number of carbonyl (C=O) groups excluding carboxylic acids is 1. The molecule has 0 bridgehead atoms. The molecule has 2 N–H and O–H groups in total. The van der Waals surface area contributed by atoms with Crippen LogP contribution in [0.25, 0.3) is 0 Å². The van der Waals surface area contributed by atoms with Crippen molar-refractivity contribution in [2.75, 3.05) is 0 Å². The quantitative estimate of drug-likeness (QED) is 0.681. The number of nitrogens with zero attached hydrogens (tertiary/aromatic N) is 1. The third-order valence-corrected chi connectivity index (χ3v) is 1.28. The second-order valence-corrected chi connectivity index (χ2v) is 3.79. The Kier molecular flexibility index (Phi) is 2.27. The van der Waals surface area contributed by atoms with Crippen molar-refractivity contribution < 1.29 is 9.90 Å². The second kappa shape index (κ2) is 3.08. The van der Waals surface area contributed by atoms with Crippen molar-refractivity contribution in [1.29, 1.82) is 0 Å². The minimum atomic E-state index is -0.501. The lowest BCUT2D eigenvalue weighted by Gasteiger charge is -2.19. The van der Waals surface area contributed by atoms with E-state index in [0.717, 1.165) is 0 Å². The van der Waals surface area contributed by atoms with E-state index in [1.807, 2.05) is 20.8 Å². The number of aromatic amines is 1. The first-order valence-corrected chi connectivity index (χ1v) is 3.93. The SMILES string of the molecule is CC(C)(C)NC(=O)c1c[nH]c([O])n1. The summed E-state index contributed by atoms with van der Waals surface area (Å²) in [5.74, 6) is -0.342. The van der Waals surface area contributed by atoms with E-state index in [0.29, 0.717) is 0 Å². The van der Waals surface area contributed by atoms with Gasteiger partial charge in [0.1, 0.15) is 5.69 Å². The lowest BCUT2D eigenvalue weighted by atomic mass is 10.1. The number of H-pyrrole nitrogens is 1. The summed E-state index contributed by atoms with van der Waals surface area (Å²) in [7, 11) is 0. The van der Waals surface area contributed by atoms with E-state index in [4.69, 9.17) is 0 Å². The van der Waals surface area contributed by atoms with E-state index in [9.17, 15) is 9.90 Å². The monoisotopic (exact) mass is 182 g/mol. The predicted octanol–water partition coefficient (Wildman–Crippen LogP) is 1.08. The standard InChI is InChI=1S/C8H12N3O2/c1-8(2,3)11-6(12)5-4-9-7(13)10-5/h4H,1-3H3,(H,9,10)(H,11,12). The Morgan fingerprint density at radius 2 is 2.15 bits per heavy atom.